The van der Waals surface area contributed by atoms with E-state index in [1.807, 2.05) is 19.1 Å². The summed E-state index contributed by atoms with van der Waals surface area (Å²) in [5.74, 6) is 0.681. The van der Waals surface area contributed by atoms with Crippen LogP contribution in [0.4, 0.5) is 0 Å². The minimum atomic E-state index is 0.647. The molecule has 0 unspecified atom stereocenters. The largest absolute Gasteiger partial charge is 0.494 e. The maximum absolute atomic E-state index is 5.19. The molecular formula is C9H11NO. The first-order valence-electron chi connectivity index (χ1n) is 3.56. The topological polar surface area (TPSA) is 22.1 Å². The first-order chi connectivity index (χ1) is 5.34. The number of ether oxygens (including phenoxy) is 1. The van der Waals surface area contributed by atoms with E-state index in [-0.39, 0.29) is 0 Å². The Balaban J connectivity index is 2.69. The molecule has 0 saturated heterocycles. The lowest BCUT2D eigenvalue weighted by Gasteiger charge is -2.04. The number of hydrogen-bond acceptors (Lipinski definition) is 2. The molecule has 0 radical (unpaired) electrons. The van der Waals surface area contributed by atoms with Gasteiger partial charge < -0.3 is 4.74 Å². The Kier molecular flexibility index (Phi) is 2.66. The van der Waals surface area contributed by atoms with Crippen molar-refractivity contribution in [3.63, 3.8) is 0 Å². The molecule has 0 atom stereocenters. The lowest BCUT2D eigenvalue weighted by atomic mass is 10.2. The second-order valence-electron chi connectivity index (χ2n) is 2.10. The fourth-order valence-electron chi connectivity index (χ4n) is 0.785. The summed E-state index contributed by atoms with van der Waals surface area (Å²) in [6.45, 7) is 6.33. The number of rotatable bonds is 3. The minimum absolute atomic E-state index is 0.647. The van der Waals surface area contributed by atoms with Crippen LogP contribution in [-0.2, 0) is 4.74 Å². The van der Waals surface area contributed by atoms with Crippen LogP contribution in [0.5, 0.6) is 0 Å². The van der Waals surface area contributed by atoms with Gasteiger partial charge in [0.1, 0.15) is 5.76 Å². The molecule has 0 N–H and O–H groups in total. The molecule has 0 aliphatic rings. The molecule has 1 rings (SSSR count). The quantitative estimate of drug-likeness (QED) is 0.614. The second-order valence-corrected chi connectivity index (χ2v) is 2.10. The van der Waals surface area contributed by atoms with Crippen LogP contribution in [-0.4, -0.2) is 11.6 Å². The predicted molar refractivity (Wildman–Crippen MR) is 44.9 cm³/mol. The van der Waals surface area contributed by atoms with Crippen molar-refractivity contribution in [3.05, 3.63) is 36.7 Å². The number of nitrogens with zero attached hydrogens (tertiary/aromatic N) is 1. The third-order valence-corrected chi connectivity index (χ3v) is 1.30. The van der Waals surface area contributed by atoms with E-state index in [0.717, 1.165) is 5.56 Å². The Morgan fingerprint density at radius 1 is 1.73 bits per heavy atom. The van der Waals surface area contributed by atoms with Gasteiger partial charge in [0.2, 0.25) is 0 Å². The molecule has 1 aromatic heterocycles. The summed E-state index contributed by atoms with van der Waals surface area (Å²) in [5.41, 5.74) is 0.939. The highest BCUT2D eigenvalue weighted by Crippen LogP contribution is 2.10. The molecule has 0 bridgehead atoms. The van der Waals surface area contributed by atoms with Crippen molar-refractivity contribution < 1.29 is 4.74 Å². The fraction of sp³-hybridized carbons (Fsp3) is 0.222. The molecule has 1 heterocycles. The molecule has 1 aromatic rings. The summed E-state index contributed by atoms with van der Waals surface area (Å²) < 4.78 is 5.19. The Labute approximate surface area is 66.5 Å². The third kappa shape index (κ3) is 2.08. The minimum Gasteiger partial charge on any atom is -0.494 e. The summed E-state index contributed by atoms with van der Waals surface area (Å²) in [4.78, 5) is 3.95. The highest BCUT2D eigenvalue weighted by Gasteiger charge is 1.95. The van der Waals surface area contributed by atoms with Gasteiger partial charge in [0, 0.05) is 18.0 Å². The van der Waals surface area contributed by atoms with Crippen molar-refractivity contribution in [1.82, 2.24) is 4.98 Å². The van der Waals surface area contributed by atoms with Gasteiger partial charge in [-0.15, -0.1) is 0 Å². The smallest absolute Gasteiger partial charge is 0.120 e. The van der Waals surface area contributed by atoms with Crippen LogP contribution in [0.15, 0.2) is 31.1 Å². The highest BCUT2D eigenvalue weighted by molar-refractivity contribution is 5.55. The molecule has 0 aromatic carbocycles. The van der Waals surface area contributed by atoms with E-state index < -0.39 is 0 Å². The summed E-state index contributed by atoms with van der Waals surface area (Å²) >= 11 is 0. The lowest BCUT2D eigenvalue weighted by molar-refractivity contribution is 0.299. The first kappa shape index (κ1) is 7.79. The van der Waals surface area contributed by atoms with Gasteiger partial charge in [-0.25, -0.2) is 0 Å². The molecule has 0 aliphatic heterocycles. The van der Waals surface area contributed by atoms with Crippen molar-refractivity contribution in [2.75, 3.05) is 6.61 Å². The monoisotopic (exact) mass is 149 g/mol. The number of aromatic nitrogens is 1. The Morgan fingerprint density at radius 3 is 3.09 bits per heavy atom. The van der Waals surface area contributed by atoms with Crippen LogP contribution < -0.4 is 0 Å². The van der Waals surface area contributed by atoms with Gasteiger partial charge >= 0.3 is 0 Å². The maximum Gasteiger partial charge on any atom is 0.120 e. The number of pyridine rings is 1. The maximum atomic E-state index is 5.19. The van der Waals surface area contributed by atoms with Crippen LogP contribution in [0.3, 0.4) is 0 Å². The summed E-state index contributed by atoms with van der Waals surface area (Å²) in [7, 11) is 0. The molecule has 0 fully saturated rings. The molecule has 0 amide bonds. The Hall–Kier alpha value is -1.31. The van der Waals surface area contributed by atoms with Crippen LogP contribution in [0.25, 0.3) is 5.76 Å². The molecule has 58 valence electrons. The van der Waals surface area contributed by atoms with Crippen molar-refractivity contribution in [3.8, 4) is 0 Å². The van der Waals surface area contributed by atoms with E-state index in [1.165, 1.54) is 0 Å². The lowest BCUT2D eigenvalue weighted by Crippen LogP contribution is -1.89. The molecular weight excluding hydrogens is 138 g/mol. The molecule has 11 heavy (non-hydrogen) atoms. The van der Waals surface area contributed by atoms with Gasteiger partial charge in [-0.1, -0.05) is 6.58 Å². The van der Waals surface area contributed by atoms with Crippen LogP contribution >= 0.6 is 0 Å². The zero-order valence-electron chi connectivity index (χ0n) is 6.58. The van der Waals surface area contributed by atoms with Crippen LogP contribution in [0.2, 0.25) is 0 Å². The van der Waals surface area contributed by atoms with Gasteiger partial charge in [0.15, 0.2) is 0 Å². The van der Waals surface area contributed by atoms with Gasteiger partial charge in [-0.3, -0.25) is 4.98 Å². The normalized spacial score (nSPS) is 9.18. The van der Waals surface area contributed by atoms with E-state index in [9.17, 15) is 0 Å². The van der Waals surface area contributed by atoms with Gasteiger partial charge in [0.25, 0.3) is 0 Å². The van der Waals surface area contributed by atoms with E-state index >= 15 is 0 Å². The molecule has 0 spiro atoms. The van der Waals surface area contributed by atoms with E-state index in [4.69, 9.17) is 4.74 Å². The van der Waals surface area contributed by atoms with Gasteiger partial charge in [-0.05, 0) is 19.1 Å². The number of hydrogen-bond donors (Lipinski definition) is 0. The Morgan fingerprint density at radius 2 is 2.55 bits per heavy atom. The van der Waals surface area contributed by atoms with Crippen LogP contribution in [0, 0.1) is 0 Å². The van der Waals surface area contributed by atoms with E-state index in [0.29, 0.717) is 12.4 Å². The average molecular weight is 149 g/mol. The van der Waals surface area contributed by atoms with Gasteiger partial charge in [0.05, 0.1) is 6.61 Å². The SMILES string of the molecule is C=C(OCC)c1cccnc1. The van der Waals surface area contributed by atoms with Crippen LogP contribution in [0.1, 0.15) is 12.5 Å². The van der Waals surface area contributed by atoms with E-state index in [2.05, 4.69) is 11.6 Å². The molecule has 2 heteroatoms. The zero-order chi connectivity index (χ0) is 8.10. The van der Waals surface area contributed by atoms with Crippen molar-refractivity contribution in [2.24, 2.45) is 0 Å². The summed E-state index contributed by atoms with van der Waals surface area (Å²) in [5, 5.41) is 0. The molecule has 2 nitrogen and oxygen atoms in total. The van der Waals surface area contributed by atoms with Gasteiger partial charge in [-0.2, -0.15) is 0 Å². The Bertz CT molecular complexity index is 231. The zero-order valence-corrected chi connectivity index (χ0v) is 6.58. The third-order valence-electron chi connectivity index (χ3n) is 1.30. The average Bonchev–Trinajstić information content (AvgIpc) is 2.07. The fourth-order valence-corrected chi connectivity index (χ4v) is 0.785. The molecule has 0 saturated carbocycles. The standard InChI is InChI=1S/C9H11NO/c1-3-11-8(2)9-5-4-6-10-7-9/h4-7H,2-3H2,1H3. The highest BCUT2D eigenvalue weighted by atomic mass is 16.5. The molecule has 0 aliphatic carbocycles. The van der Waals surface area contributed by atoms with Crippen molar-refractivity contribution in [1.29, 1.82) is 0 Å². The summed E-state index contributed by atoms with van der Waals surface area (Å²) in [6.07, 6.45) is 3.46. The second kappa shape index (κ2) is 3.76. The van der Waals surface area contributed by atoms with E-state index in [1.54, 1.807) is 12.4 Å². The summed E-state index contributed by atoms with van der Waals surface area (Å²) in [6, 6.07) is 3.78. The predicted octanol–water partition coefficient (Wildman–Crippen LogP) is 2.09. The van der Waals surface area contributed by atoms with Crippen molar-refractivity contribution >= 4 is 5.76 Å². The first-order valence-corrected chi connectivity index (χ1v) is 3.56. The van der Waals surface area contributed by atoms with Crippen molar-refractivity contribution in [2.45, 2.75) is 6.92 Å².